The van der Waals surface area contributed by atoms with Crippen LogP contribution in [0, 0.1) is 10.1 Å². The van der Waals surface area contributed by atoms with Gasteiger partial charge in [0.15, 0.2) is 0 Å². The Labute approximate surface area is 106 Å². The second-order valence-corrected chi connectivity index (χ2v) is 4.37. The van der Waals surface area contributed by atoms with Crippen LogP contribution >= 0.6 is 0 Å². The highest BCUT2D eigenvalue weighted by atomic mass is 16.6. The van der Waals surface area contributed by atoms with E-state index in [4.69, 9.17) is 4.74 Å². The first-order chi connectivity index (χ1) is 8.77. The number of hydrogen-bond acceptors (Lipinski definition) is 5. The predicted octanol–water partition coefficient (Wildman–Crippen LogP) is 1.90. The number of nitro groups is 1. The number of nitrogens with zero attached hydrogens (tertiary/aromatic N) is 2. The molecule has 18 heavy (non-hydrogen) atoms. The van der Waals surface area contributed by atoms with E-state index in [9.17, 15) is 10.1 Å². The maximum absolute atomic E-state index is 10.8. The van der Waals surface area contributed by atoms with Crippen LogP contribution in [0.1, 0.15) is 25.7 Å². The van der Waals surface area contributed by atoms with Crippen molar-refractivity contribution in [3.05, 3.63) is 28.4 Å². The summed E-state index contributed by atoms with van der Waals surface area (Å²) in [6, 6.07) is 3.40. The van der Waals surface area contributed by atoms with E-state index in [-0.39, 0.29) is 11.6 Å². The van der Waals surface area contributed by atoms with Crippen LogP contribution in [0.5, 0.6) is 5.88 Å². The summed E-state index contributed by atoms with van der Waals surface area (Å²) < 4.78 is 5.41. The largest absolute Gasteiger partial charge is 0.473 e. The standard InChI is InChI=1S/C12H17N3O3/c16-15(17)11-5-3-8-14-12(11)18-9-6-10-4-1-2-7-13-10/h3,5,8,10,13H,1-2,4,6-7,9H2. The fraction of sp³-hybridized carbons (Fsp3) is 0.583. The van der Waals surface area contributed by atoms with Gasteiger partial charge in [-0.2, -0.15) is 0 Å². The first-order valence-electron chi connectivity index (χ1n) is 6.23. The van der Waals surface area contributed by atoms with Crippen LogP contribution in [-0.4, -0.2) is 29.1 Å². The fourth-order valence-corrected chi connectivity index (χ4v) is 2.10. The molecule has 1 aliphatic rings. The molecule has 0 bridgehead atoms. The fourth-order valence-electron chi connectivity index (χ4n) is 2.10. The van der Waals surface area contributed by atoms with Crippen LogP contribution in [0.15, 0.2) is 18.3 Å². The van der Waals surface area contributed by atoms with Gasteiger partial charge in [-0.1, -0.05) is 6.42 Å². The van der Waals surface area contributed by atoms with Gasteiger partial charge in [-0.3, -0.25) is 10.1 Å². The zero-order chi connectivity index (χ0) is 12.8. The van der Waals surface area contributed by atoms with E-state index in [0.29, 0.717) is 12.6 Å². The van der Waals surface area contributed by atoms with Crippen LogP contribution in [0.2, 0.25) is 0 Å². The normalized spacial score (nSPS) is 19.4. The summed E-state index contributed by atoms with van der Waals surface area (Å²) in [5, 5.41) is 14.2. The van der Waals surface area contributed by atoms with Crippen molar-refractivity contribution in [2.75, 3.05) is 13.2 Å². The zero-order valence-corrected chi connectivity index (χ0v) is 10.2. The molecule has 2 rings (SSSR count). The highest BCUT2D eigenvalue weighted by molar-refractivity contribution is 5.39. The second-order valence-electron chi connectivity index (χ2n) is 4.37. The lowest BCUT2D eigenvalue weighted by molar-refractivity contribution is -0.386. The van der Waals surface area contributed by atoms with Crippen molar-refractivity contribution in [3.63, 3.8) is 0 Å². The number of pyridine rings is 1. The number of piperidine rings is 1. The van der Waals surface area contributed by atoms with E-state index in [2.05, 4.69) is 10.3 Å². The van der Waals surface area contributed by atoms with E-state index in [0.717, 1.165) is 19.4 Å². The molecular formula is C12H17N3O3. The third kappa shape index (κ3) is 3.40. The summed E-state index contributed by atoms with van der Waals surface area (Å²) in [5.74, 6) is 0.110. The number of hydrogen-bond donors (Lipinski definition) is 1. The molecule has 1 saturated heterocycles. The predicted molar refractivity (Wildman–Crippen MR) is 66.6 cm³/mol. The Morgan fingerprint density at radius 1 is 1.56 bits per heavy atom. The highest BCUT2D eigenvalue weighted by Gasteiger charge is 2.17. The van der Waals surface area contributed by atoms with Crippen molar-refractivity contribution in [1.29, 1.82) is 0 Å². The Kier molecular flexibility index (Phi) is 4.46. The Bertz CT molecular complexity index is 405. The van der Waals surface area contributed by atoms with Gasteiger partial charge in [0.05, 0.1) is 11.5 Å². The second kappa shape index (κ2) is 6.30. The maximum Gasteiger partial charge on any atom is 0.330 e. The van der Waals surface area contributed by atoms with Crippen LogP contribution in [-0.2, 0) is 0 Å². The van der Waals surface area contributed by atoms with Gasteiger partial charge in [0.2, 0.25) is 0 Å². The molecule has 1 atom stereocenters. The van der Waals surface area contributed by atoms with E-state index < -0.39 is 4.92 Å². The average molecular weight is 251 g/mol. The minimum absolute atomic E-state index is 0.0749. The van der Waals surface area contributed by atoms with Crippen LogP contribution < -0.4 is 10.1 Å². The lowest BCUT2D eigenvalue weighted by Gasteiger charge is -2.23. The maximum atomic E-state index is 10.8. The summed E-state index contributed by atoms with van der Waals surface area (Å²) in [6.45, 7) is 1.50. The molecular weight excluding hydrogens is 234 g/mol. The SMILES string of the molecule is O=[N+]([O-])c1cccnc1OCCC1CCCCN1. The quantitative estimate of drug-likeness (QED) is 0.638. The van der Waals surface area contributed by atoms with Crippen molar-refractivity contribution in [3.8, 4) is 5.88 Å². The number of nitrogens with one attached hydrogen (secondary N) is 1. The van der Waals surface area contributed by atoms with Gasteiger partial charge in [0.25, 0.3) is 5.88 Å². The summed E-state index contributed by atoms with van der Waals surface area (Å²) in [5.41, 5.74) is -0.0749. The van der Waals surface area contributed by atoms with Crippen molar-refractivity contribution in [2.24, 2.45) is 0 Å². The van der Waals surface area contributed by atoms with Gasteiger partial charge in [-0.05, 0) is 31.9 Å². The molecule has 2 heterocycles. The monoisotopic (exact) mass is 251 g/mol. The number of aromatic nitrogens is 1. The molecule has 0 amide bonds. The van der Waals surface area contributed by atoms with E-state index in [1.54, 1.807) is 0 Å². The van der Waals surface area contributed by atoms with Gasteiger partial charge in [0.1, 0.15) is 0 Å². The molecule has 98 valence electrons. The van der Waals surface area contributed by atoms with Gasteiger partial charge in [0, 0.05) is 18.3 Å². The van der Waals surface area contributed by atoms with Crippen molar-refractivity contribution >= 4 is 5.69 Å². The molecule has 1 aromatic rings. The molecule has 0 radical (unpaired) electrons. The minimum atomic E-state index is -0.471. The first-order valence-corrected chi connectivity index (χ1v) is 6.23. The summed E-state index contributed by atoms with van der Waals surface area (Å²) in [6.07, 6.45) is 5.97. The van der Waals surface area contributed by atoms with Crippen molar-refractivity contribution in [2.45, 2.75) is 31.7 Å². The third-order valence-corrected chi connectivity index (χ3v) is 3.07. The average Bonchev–Trinajstić information content (AvgIpc) is 2.40. The molecule has 1 aromatic heterocycles. The Morgan fingerprint density at radius 3 is 3.17 bits per heavy atom. The smallest absolute Gasteiger partial charge is 0.330 e. The molecule has 0 spiro atoms. The molecule has 0 saturated carbocycles. The van der Waals surface area contributed by atoms with Gasteiger partial charge >= 0.3 is 5.69 Å². The molecule has 1 unspecified atom stereocenters. The highest BCUT2D eigenvalue weighted by Crippen LogP contribution is 2.23. The van der Waals surface area contributed by atoms with Gasteiger partial charge in [-0.15, -0.1) is 0 Å². The molecule has 1 aliphatic heterocycles. The summed E-state index contributed by atoms with van der Waals surface area (Å²) in [4.78, 5) is 14.2. The van der Waals surface area contributed by atoms with Gasteiger partial charge in [-0.25, -0.2) is 4.98 Å². The topological polar surface area (TPSA) is 77.3 Å². The van der Waals surface area contributed by atoms with E-state index in [1.807, 2.05) is 0 Å². The number of rotatable bonds is 5. The van der Waals surface area contributed by atoms with Crippen molar-refractivity contribution in [1.82, 2.24) is 10.3 Å². The van der Waals surface area contributed by atoms with Gasteiger partial charge < -0.3 is 10.1 Å². The Balaban J connectivity index is 1.84. The van der Waals surface area contributed by atoms with Crippen molar-refractivity contribution < 1.29 is 9.66 Å². The Hall–Kier alpha value is -1.69. The molecule has 1 fully saturated rings. The molecule has 0 aromatic carbocycles. The van der Waals surface area contributed by atoms with Crippen LogP contribution in [0.3, 0.4) is 0 Å². The molecule has 6 nitrogen and oxygen atoms in total. The molecule has 1 N–H and O–H groups in total. The zero-order valence-electron chi connectivity index (χ0n) is 10.2. The minimum Gasteiger partial charge on any atom is -0.473 e. The first kappa shape index (κ1) is 12.8. The van der Waals surface area contributed by atoms with E-state index >= 15 is 0 Å². The third-order valence-electron chi connectivity index (χ3n) is 3.07. The lowest BCUT2D eigenvalue weighted by Crippen LogP contribution is -2.35. The summed E-state index contributed by atoms with van der Waals surface area (Å²) in [7, 11) is 0. The molecule has 0 aliphatic carbocycles. The summed E-state index contributed by atoms with van der Waals surface area (Å²) >= 11 is 0. The molecule has 6 heteroatoms. The van der Waals surface area contributed by atoms with E-state index in [1.165, 1.54) is 31.2 Å². The van der Waals surface area contributed by atoms with Crippen LogP contribution in [0.4, 0.5) is 5.69 Å². The lowest BCUT2D eigenvalue weighted by atomic mass is 10.0. The Morgan fingerprint density at radius 2 is 2.44 bits per heavy atom. The van der Waals surface area contributed by atoms with Crippen LogP contribution in [0.25, 0.3) is 0 Å². The number of ether oxygens (including phenoxy) is 1.